The summed E-state index contributed by atoms with van der Waals surface area (Å²) in [5.74, 6) is 0.391. The second-order valence-electron chi connectivity index (χ2n) is 4.38. The van der Waals surface area contributed by atoms with E-state index in [0.29, 0.717) is 5.82 Å². The number of halogens is 3. The zero-order chi connectivity index (χ0) is 13.5. The molecule has 2 aromatic rings. The molecule has 1 aliphatic heterocycles. The van der Waals surface area contributed by atoms with E-state index in [1.807, 2.05) is 0 Å². The highest BCUT2D eigenvalue weighted by Crippen LogP contribution is 2.28. The average Bonchev–Trinajstić information content (AvgIpc) is 2.81. The first-order valence-electron chi connectivity index (χ1n) is 5.86. The molecule has 0 amide bonds. The lowest BCUT2D eigenvalue weighted by Gasteiger charge is -2.09. The molecule has 7 heteroatoms. The lowest BCUT2D eigenvalue weighted by Crippen LogP contribution is -2.22. The Morgan fingerprint density at radius 2 is 2.11 bits per heavy atom. The molecule has 0 aliphatic carbocycles. The first kappa shape index (κ1) is 12.2. The van der Waals surface area contributed by atoms with Gasteiger partial charge in [0.05, 0.1) is 11.3 Å². The van der Waals surface area contributed by atoms with E-state index >= 15 is 0 Å². The van der Waals surface area contributed by atoms with Gasteiger partial charge in [-0.2, -0.15) is 18.3 Å². The van der Waals surface area contributed by atoms with Crippen LogP contribution in [0.3, 0.4) is 0 Å². The van der Waals surface area contributed by atoms with Gasteiger partial charge in [-0.3, -0.25) is 0 Å². The number of hydrogen-bond donors (Lipinski definition) is 1. The topological polar surface area (TPSA) is 42.7 Å². The van der Waals surface area contributed by atoms with E-state index in [0.717, 1.165) is 43.0 Å². The van der Waals surface area contributed by atoms with Crippen LogP contribution in [0.25, 0.3) is 5.82 Å². The Morgan fingerprint density at radius 3 is 2.74 bits per heavy atom. The first-order chi connectivity index (χ1) is 9.04. The number of rotatable bonds is 1. The van der Waals surface area contributed by atoms with Crippen molar-refractivity contribution in [1.29, 1.82) is 0 Å². The minimum atomic E-state index is -4.36. The summed E-state index contributed by atoms with van der Waals surface area (Å²) in [5.41, 5.74) is 1.28. The Balaban J connectivity index is 1.92. The number of hydrogen-bond acceptors (Lipinski definition) is 3. The summed E-state index contributed by atoms with van der Waals surface area (Å²) in [6.45, 7) is 1.60. The highest BCUT2D eigenvalue weighted by Gasteiger charge is 2.30. The molecule has 0 saturated heterocycles. The summed E-state index contributed by atoms with van der Waals surface area (Å²) in [7, 11) is 0. The number of alkyl halides is 3. The predicted molar refractivity (Wildman–Crippen MR) is 61.8 cm³/mol. The summed E-state index contributed by atoms with van der Waals surface area (Å²) in [4.78, 5) is 3.82. The Bertz CT molecular complexity index is 563. The molecule has 0 radical (unpaired) electrons. The van der Waals surface area contributed by atoms with Gasteiger partial charge in [-0.05, 0) is 12.1 Å². The van der Waals surface area contributed by atoms with Gasteiger partial charge in [0, 0.05) is 37.5 Å². The third kappa shape index (κ3) is 2.33. The maximum absolute atomic E-state index is 12.4. The Hall–Kier alpha value is -1.89. The van der Waals surface area contributed by atoms with Crippen molar-refractivity contribution in [3.63, 3.8) is 0 Å². The number of aromatic nitrogens is 3. The Morgan fingerprint density at radius 1 is 1.26 bits per heavy atom. The quantitative estimate of drug-likeness (QED) is 0.859. The van der Waals surface area contributed by atoms with Crippen molar-refractivity contribution >= 4 is 0 Å². The van der Waals surface area contributed by atoms with Crippen LogP contribution in [-0.4, -0.2) is 21.3 Å². The Kier molecular flexibility index (Phi) is 2.78. The van der Waals surface area contributed by atoms with E-state index in [1.165, 1.54) is 10.7 Å². The maximum Gasteiger partial charge on any atom is 0.417 e. The SMILES string of the molecule is FC(F)(F)c1ccc(-n2cc3c(n2)CCNC3)nc1. The Labute approximate surface area is 107 Å². The minimum absolute atomic E-state index is 0.391. The molecule has 4 nitrogen and oxygen atoms in total. The van der Waals surface area contributed by atoms with Gasteiger partial charge in [-0.25, -0.2) is 9.67 Å². The fraction of sp³-hybridized carbons (Fsp3) is 0.333. The van der Waals surface area contributed by atoms with Crippen LogP contribution in [0.4, 0.5) is 13.2 Å². The molecule has 0 bridgehead atoms. The molecule has 0 atom stereocenters. The van der Waals surface area contributed by atoms with Crippen molar-refractivity contribution in [3.05, 3.63) is 41.3 Å². The van der Waals surface area contributed by atoms with Crippen molar-refractivity contribution < 1.29 is 13.2 Å². The third-order valence-electron chi connectivity index (χ3n) is 3.04. The molecule has 2 aromatic heterocycles. The molecule has 0 spiro atoms. The molecule has 19 heavy (non-hydrogen) atoms. The van der Waals surface area contributed by atoms with E-state index in [-0.39, 0.29) is 0 Å². The largest absolute Gasteiger partial charge is 0.417 e. The van der Waals surface area contributed by atoms with Crippen molar-refractivity contribution in [2.75, 3.05) is 6.54 Å². The maximum atomic E-state index is 12.4. The van der Waals surface area contributed by atoms with E-state index in [4.69, 9.17) is 0 Å². The highest BCUT2D eigenvalue weighted by molar-refractivity contribution is 5.29. The van der Waals surface area contributed by atoms with Crippen LogP contribution in [-0.2, 0) is 19.1 Å². The van der Waals surface area contributed by atoms with Gasteiger partial charge < -0.3 is 5.32 Å². The molecule has 3 heterocycles. The number of nitrogens with zero attached hydrogens (tertiary/aromatic N) is 3. The van der Waals surface area contributed by atoms with Gasteiger partial charge in [-0.15, -0.1) is 0 Å². The van der Waals surface area contributed by atoms with Gasteiger partial charge in [0.1, 0.15) is 0 Å². The van der Waals surface area contributed by atoms with Gasteiger partial charge in [0.15, 0.2) is 5.82 Å². The zero-order valence-corrected chi connectivity index (χ0v) is 9.91. The van der Waals surface area contributed by atoms with Crippen molar-refractivity contribution in [1.82, 2.24) is 20.1 Å². The number of nitrogens with one attached hydrogen (secondary N) is 1. The van der Waals surface area contributed by atoms with Gasteiger partial charge >= 0.3 is 6.18 Å². The van der Waals surface area contributed by atoms with Crippen LogP contribution in [0.1, 0.15) is 16.8 Å². The summed E-state index contributed by atoms with van der Waals surface area (Å²) in [5, 5.41) is 7.56. The standard InChI is InChI=1S/C12H11F3N4/c13-12(14,15)9-1-2-11(17-6-9)19-7-8-5-16-4-3-10(8)18-19/h1-2,6-7,16H,3-5H2. The second-order valence-corrected chi connectivity index (χ2v) is 4.38. The predicted octanol–water partition coefficient (Wildman–Crippen LogP) is 1.93. The smallest absolute Gasteiger partial charge is 0.312 e. The number of fused-ring (bicyclic) bond motifs is 1. The molecule has 3 rings (SSSR count). The van der Waals surface area contributed by atoms with E-state index < -0.39 is 11.7 Å². The normalized spacial score (nSPS) is 15.3. The van der Waals surface area contributed by atoms with E-state index in [9.17, 15) is 13.2 Å². The van der Waals surface area contributed by atoms with Crippen LogP contribution in [0.2, 0.25) is 0 Å². The fourth-order valence-corrected chi connectivity index (χ4v) is 2.04. The van der Waals surface area contributed by atoms with Gasteiger partial charge in [0.2, 0.25) is 0 Å². The van der Waals surface area contributed by atoms with Crippen LogP contribution in [0.15, 0.2) is 24.5 Å². The first-order valence-corrected chi connectivity index (χ1v) is 5.86. The lowest BCUT2D eigenvalue weighted by molar-refractivity contribution is -0.137. The van der Waals surface area contributed by atoms with Crippen molar-refractivity contribution in [2.24, 2.45) is 0 Å². The fourth-order valence-electron chi connectivity index (χ4n) is 2.04. The third-order valence-corrected chi connectivity index (χ3v) is 3.04. The minimum Gasteiger partial charge on any atom is -0.312 e. The van der Waals surface area contributed by atoms with Crippen molar-refractivity contribution in [3.8, 4) is 5.82 Å². The number of pyridine rings is 1. The molecule has 1 N–H and O–H groups in total. The van der Waals surface area contributed by atoms with E-state index in [2.05, 4.69) is 15.4 Å². The second kappa shape index (κ2) is 4.34. The molecule has 0 fully saturated rings. The zero-order valence-electron chi connectivity index (χ0n) is 9.91. The average molecular weight is 268 g/mol. The van der Waals surface area contributed by atoms with Gasteiger partial charge in [0.25, 0.3) is 0 Å². The summed E-state index contributed by atoms with van der Waals surface area (Å²) < 4.78 is 38.8. The molecular weight excluding hydrogens is 257 g/mol. The lowest BCUT2D eigenvalue weighted by atomic mass is 10.1. The summed E-state index contributed by atoms with van der Waals surface area (Å²) in [6, 6.07) is 2.34. The van der Waals surface area contributed by atoms with Crippen molar-refractivity contribution in [2.45, 2.75) is 19.1 Å². The molecule has 0 saturated carbocycles. The monoisotopic (exact) mass is 268 g/mol. The van der Waals surface area contributed by atoms with Crippen LogP contribution in [0.5, 0.6) is 0 Å². The van der Waals surface area contributed by atoms with E-state index in [1.54, 1.807) is 6.20 Å². The van der Waals surface area contributed by atoms with Gasteiger partial charge in [-0.1, -0.05) is 0 Å². The molecule has 100 valence electrons. The van der Waals surface area contributed by atoms with Crippen LogP contribution in [0, 0.1) is 0 Å². The molecule has 0 aromatic carbocycles. The molecule has 1 aliphatic rings. The molecule has 0 unspecified atom stereocenters. The highest BCUT2D eigenvalue weighted by atomic mass is 19.4. The summed E-state index contributed by atoms with van der Waals surface area (Å²) >= 11 is 0. The van der Waals surface area contributed by atoms with Crippen LogP contribution >= 0.6 is 0 Å². The molecular formula is C12H11F3N4. The van der Waals surface area contributed by atoms with Crippen LogP contribution < -0.4 is 5.32 Å². The summed E-state index contributed by atoms with van der Waals surface area (Å²) in [6.07, 6.45) is -0.910.